The Hall–Kier alpha value is -2.80. The van der Waals surface area contributed by atoms with Crippen LogP contribution in [0.4, 0.5) is 0 Å². The molecule has 1 unspecified atom stereocenters. The highest BCUT2D eigenvalue weighted by Crippen LogP contribution is 2.47. The molecule has 0 amide bonds. The minimum atomic E-state index is -1.27. The molecule has 0 fully saturated rings. The molecule has 1 aromatic carbocycles. The van der Waals surface area contributed by atoms with Crippen molar-refractivity contribution in [1.82, 2.24) is 9.88 Å². The Morgan fingerprint density at radius 3 is 2.58 bits per heavy atom. The van der Waals surface area contributed by atoms with Crippen molar-refractivity contribution in [1.29, 1.82) is 0 Å². The van der Waals surface area contributed by atoms with Crippen molar-refractivity contribution in [3.05, 3.63) is 44.7 Å². The maximum atomic E-state index is 12.9. The lowest BCUT2D eigenvalue weighted by Crippen LogP contribution is -2.28. The fraction of sp³-hybridized carbons (Fsp3) is 0.538. The molecule has 0 spiro atoms. The lowest BCUT2D eigenvalue weighted by Gasteiger charge is -2.33. The number of aromatic amines is 1. The molecule has 2 aromatic rings. The highest BCUT2D eigenvalue weighted by Gasteiger charge is 2.35. The van der Waals surface area contributed by atoms with Gasteiger partial charge in [0.05, 0.1) is 12.3 Å². The van der Waals surface area contributed by atoms with Gasteiger partial charge in [0.15, 0.2) is 5.56 Å². The van der Waals surface area contributed by atoms with E-state index in [9.17, 15) is 14.7 Å². The number of benzene rings is 1. The Kier molecular flexibility index (Phi) is 7.84. The second-order valence-electron chi connectivity index (χ2n) is 9.44. The smallest absolute Gasteiger partial charge is 0.345 e. The van der Waals surface area contributed by atoms with Crippen LogP contribution >= 0.6 is 0 Å². The number of carbonyl (C=O) groups is 1. The van der Waals surface area contributed by atoms with Crippen molar-refractivity contribution >= 4 is 5.97 Å². The van der Waals surface area contributed by atoms with E-state index in [1.165, 1.54) is 0 Å². The van der Waals surface area contributed by atoms with Crippen molar-refractivity contribution in [3.8, 4) is 22.8 Å². The van der Waals surface area contributed by atoms with Crippen LogP contribution in [0.25, 0.3) is 11.3 Å². The SMILES string of the molecule is CCCCOc1cc2c(cc1C)-c1[nH]c(=O)c(C(=O)O)c(OCCN(C)C)c1C(C(C)C)C2. The van der Waals surface area contributed by atoms with E-state index >= 15 is 0 Å². The van der Waals surface area contributed by atoms with Crippen LogP contribution in [0.3, 0.4) is 0 Å². The third-order valence-electron chi connectivity index (χ3n) is 6.25. The number of nitrogens with zero attached hydrogens (tertiary/aromatic N) is 1. The van der Waals surface area contributed by atoms with Gasteiger partial charge in [0, 0.05) is 17.7 Å². The average Bonchev–Trinajstić information content (AvgIpc) is 2.73. The van der Waals surface area contributed by atoms with Gasteiger partial charge in [-0.2, -0.15) is 0 Å². The highest BCUT2D eigenvalue weighted by atomic mass is 16.5. The summed E-state index contributed by atoms with van der Waals surface area (Å²) in [6.45, 7) is 9.93. The summed E-state index contributed by atoms with van der Waals surface area (Å²) >= 11 is 0. The van der Waals surface area contributed by atoms with Gasteiger partial charge >= 0.3 is 5.97 Å². The number of aromatic nitrogens is 1. The van der Waals surface area contributed by atoms with Gasteiger partial charge in [-0.25, -0.2) is 4.79 Å². The van der Waals surface area contributed by atoms with Crippen molar-refractivity contribution in [2.24, 2.45) is 5.92 Å². The molecule has 7 heteroatoms. The number of carboxylic acids is 1. The minimum absolute atomic E-state index is 0.00278. The maximum Gasteiger partial charge on any atom is 0.345 e. The normalized spacial score (nSPS) is 14.8. The molecule has 0 saturated carbocycles. The number of rotatable bonds is 10. The van der Waals surface area contributed by atoms with E-state index in [1.54, 1.807) is 0 Å². The van der Waals surface area contributed by atoms with Crippen LogP contribution < -0.4 is 15.0 Å². The van der Waals surface area contributed by atoms with E-state index in [4.69, 9.17) is 9.47 Å². The summed E-state index contributed by atoms with van der Waals surface area (Å²) in [4.78, 5) is 29.8. The molecule has 3 rings (SSSR count). The van der Waals surface area contributed by atoms with Crippen molar-refractivity contribution in [2.45, 2.75) is 52.9 Å². The summed E-state index contributed by atoms with van der Waals surface area (Å²) in [6.07, 6.45) is 2.78. The van der Waals surface area contributed by atoms with Crippen molar-refractivity contribution in [2.75, 3.05) is 33.9 Å². The predicted octanol–water partition coefficient (Wildman–Crippen LogP) is 4.46. The number of carboxylic acid groups (broad SMARTS) is 1. The third kappa shape index (κ3) is 5.24. The minimum Gasteiger partial charge on any atom is -0.493 e. The van der Waals surface area contributed by atoms with Crippen LogP contribution in [-0.2, 0) is 6.42 Å². The standard InChI is InChI=1S/C26H36N2O5/c1-7-8-10-32-20-14-17-13-18(15(2)3)21-23(19(17)12-16(20)4)27-25(29)22(26(30)31)24(21)33-11-9-28(5)6/h12,14-15,18H,7-11,13H2,1-6H3,(H,27,29)(H,30,31). The summed E-state index contributed by atoms with van der Waals surface area (Å²) in [7, 11) is 3.84. The number of H-pyrrole nitrogens is 1. The molecule has 0 aliphatic heterocycles. The van der Waals surface area contributed by atoms with Crippen molar-refractivity contribution < 1.29 is 19.4 Å². The molecule has 2 N–H and O–H groups in total. The second kappa shape index (κ2) is 10.4. The van der Waals surface area contributed by atoms with Crippen LogP contribution in [0.1, 0.15) is 66.6 Å². The molecule has 1 aliphatic rings. The zero-order valence-electron chi connectivity index (χ0n) is 20.6. The van der Waals surface area contributed by atoms with Gasteiger partial charge in [0.25, 0.3) is 5.56 Å². The quantitative estimate of drug-likeness (QED) is 0.513. The number of aryl methyl sites for hydroxylation is 1. The van der Waals surface area contributed by atoms with E-state index in [1.807, 2.05) is 32.0 Å². The molecule has 0 saturated heterocycles. The molecule has 1 atom stereocenters. The summed E-state index contributed by atoms with van der Waals surface area (Å²) in [5.74, 6) is 0.00552. The number of nitrogens with one attached hydrogen (secondary N) is 1. The number of likely N-dealkylation sites (N-methyl/N-ethyl adjacent to an activating group) is 1. The van der Waals surface area contributed by atoms with Crippen molar-refractivity contribution in [3.63, 3.8) is 0 Å². The number of fused-ring (bicyclic) bond motifs is 3. The maximum absolute atomic E-state index is 12.9. The fourth-order valence-electron chi connectivity index (χ4n) is 4.36. The van der Waals surface area contributed by atoms with E-state index in [0.29, 0.717) is 25.5 Å². The molecule has 0 bridgehead atoms. The van der Waals surface area contributed by atoms with E-state index in [2.05, 4.69) is 31.8 Å². The van der Waals surface area contributed by atoms with Crippen LogP contribution in [0.15, 0.2) is 16.9 Å². The fourth-order valence-corrected chi connectivity index (χ4v) is 4.36. The van der Waals surface area contributed by atoms with E-state index < -0.39 is 11.5 Å². The molecular formula is C26H36N2O5. The van der Waals surface area contributed by atoms with Crippen LogP contribution in [0.2, 0.25) is 0 Å². The Labute approximate surface area is 195 Å². The largest absolute Gasteiger partial charge is 0.493 e. The molecule has 0 radical (unpaired) electrons. The lowest BCUT2D eigenvalue weighted by atomic mass is 9.74. The predicted molar refractivity (Wildman–Crippen MR) is 130 cm³/mol. The molecule has 7 nitrogen and oxygen atoms in total. The zero-order valence-corrected chi connectivity index (χ0v) is 20.6. The second-order valence-corrected chi connectivity index (χ2v) is 9.44. The summed E-state index contributed by atoms with van der Waals surface area (Å²) in [5, 5.41) is 9.83. The topological polar surface area (TPSA) is 91.9 Å². The highest BCUT2D eigenvalue weighted by molar-refractivity contribution is 5.93. The summed E-state index contributed by atoms with van der Waals surface area (Å²) in [5.41, 5.74) is 3.47. The number of aromatic carboxylic acids is 1. The van der Waals surface area contributed by atoms with Crippen LogP contribution in [-0.4, -0.2) is 54.8 Å². The molecule has 180 valence electrons. The number of pyridine rings is 1. The summed E-state index contributed by atoms with van der Waals surface area (Å²) in [6, 6.07) is 4.11. The first-order valence-electron chi connectivity index (χ1n) is 11.7. The first-order chi connectivity index (χ1) is 15.6. The van der Waals surface area contributed by atoms with Gasteiger partial charge in [-0.1, -0.05) is 27.2 Å². The number of hydrogen-bond donors (Lipinski definition) is 2. The van der Waals surface area contributed by atoms with Gasteiger partial charge in [-0.15, -0.1) is 0 Å². The Bertz CT molecular complexity index is 1070. The summed E-state index contributed by atoms with van der Waals surface area (Å²) < 4.78 is 12.1. The van der Waals surface area contributed by atoms with E-state index in [0.717, 1.165) is 47.3 Å². The first-order valence-corrected chi connectivity index (χ1v) is 11.7. The lowest BCUT2D eigenvalue weighted by molar-refractivity contribution is 0.0689. The number of hydrogen-bond acceptors (Lipinski definition) is 5. The van der Waals surface area contributed by atoms with Gasteiger partial charge in [0.2, 0.25) is 0 Å². The number of ether oxygens (including phenoxy) is 2. The Morgan fingerprint density at radius 1 is 1.24 bits per heavy atom. The Balaban J connectivity index is 2.20. The van der Waals surface area contributed by atoms with Gasteiger partial charge in [-0.05, 0) is 69.0 Å². The van der Waals surface area contributed by atoms with Gasteiger partial charge in [0.1, 0.15) is 18.1 Å². The molecule has 1 aliphatic carbocycles. The zero-order chi connectivity index (χ0) is 24.3. The monoisotopic (exact) mass is 456 g/mol. The molecule has 33 heavy (non-hydrogen) atoms. The van der Waals surface area contributed by atoms with Crippen LogP contribution in [0, 0.1) is 12.8 Å². The Morgan fingerprint density at radius 2 is 1.97 bits per heavy atom. The van der Waals surface area contributed by atoms with Crippen LogP contribution in [0.5, 0.6) is 11.5 Å². The molecule has 1 aromatic heterocycles. The molecule has 1 heterocycles. The number of unbranched alkanes of at least 4 members (excludes halogenated alkanes) is 1. The first kappa shape index (κ1) is 24.8. The average molecular weight is 457 g/mol. The third-order valence-corrected chi connectivity index (χ3v) is 6.25. The van der Waals surface area contributed by atoms with Gasteiger partial charge in [-0.3, -0.25) is 4.79 Å². The van der Waals surface area contributed by atoms with E-state index in [-0.39, 0.29) is 23.1 Å². The molecular weight excluding hydrogens is 420 g/mol. The van der Waals surface area contributed by atoms with Gasteiger partial charge < -0.3 is 24.5 Å².